The predicted octanol–water partition coefficient (Wildman–Crippen LogP) is 5.86. The number of hydrogen-bond donors (Lipinski definition) is 1. The molecule has 172 valence electrons. The summed E-state index contributed by atoms with van der Waals surface area (Å²) in [5, 5.41) is 3.35. The van der Waals surface area contributed by atoms with E-state index in [2.05, 4.69) is 5.32 Å². The molecule has 6 heteroatoms. The molecule has 4 rings (SSSR count). The SMILES string of the molecule is CSc1ccc(C2C(C(=O)OC(C)C)=C(C)NC3=C2C(=O)CC(c2ccc(F)cc2)C3)cc1. The maximum atomic E-state index is 13.5. The average Bonchev–Trinajstić information content (AvgIpc) is 2.78. The van der Waals surface area contributed by atoms with Crippen molar-refractivity contribution in [2.45, 2.75) is 56.4 Å². The number of halogens is 1. The highest BCUT2D eigenvalue weighted by Gasteiger charge is 2.41. The van der Waals surface area contributed by atoms with E-state index < -0.39 is 11.9 Å². The summed E-state index contributed by atoms with van der Waals surface area (Å²) in [7, 11) is 0. The number of ether oxygens (including phenoxy) is 1. The molecule has 0 fully saturated rings. The van der Waals surface area contributed by atoms with Gasteiger partial charge in [0.1, 0.15) is 5.82 Å². The zero-order chi connectivity index (χ0) is 23.7. The van der Waals surface area contributed by atoms with Gasteiger partial charge in [-0.15, -0.1) is 11.8 Å². The Hall–Kier alpha value is -2.86. The molecular weight excluding hydrogens is 437 g/mol. The standard InChI is InChI=1S/C27H28FNO3S/c1-15(2)32-27(31)24-16(3)29-22-13-19(17-5-9-20(28)10-6-17)14-23(30)26(22)25(24)18-7-11-21(33-4)12-8-18/h5-12,15,19,25,29H,13-14H2,1-4H3. The summed E-state index contributed by atoms with van der Waals surface area (Å²) in [6.07, 6.45) is 2.68. The highest BCUT2D eigenvalue weighted by atomic mass is 32.2. The topological polar surface area (TPSA) is 55.4 Å². The molecule has 2 aromatic rings. The van der Waals surface area contributed by atoms with Crippen LogP contribution in [0.1, 0.15) is 56.6 Å². The number of ketones is 1. The Morgan fingerprint density at radius 1 is 1.06 bits per heavy atom. The molecule has 1 heterocycles. The lowest BCUT2D eigenvalue weighted by Crippen LogP contribution is -2.36. The third-order valence-corrected chi connectivity index (χ3v) is 6.92. The van der Waals surface area contributed by atoms with E-state index in [1.165, 1.54) is 12.1 Å². The first-order chi connectivity index (χ1) is 15.8. The summed E-state index contributed by atoms with van der Waals surface area (Å²) in [6.45, 7) is 5.49. The fraction of sp³-hybridized carbons (Fsp3) is 0.333. The first-order valence-corrected chi connectivity index (χ1v) is 12.3. The molecule has 2 aliphatic rings. The number of Topliss-reactive ketones (excluding diaryl/α,β-unsaturated/α-hetero) is 1. The molecule has 0 radical (unpaired) electrons. The summed E-state index contributed by atoms with van der Waals surface area (Å²) in [5.41, 5.74) is 4.47. The first kappa shape index (κ1) is 23.3. The van der Waals surface area contributed by atoms with Crippen molar-refractivity contribution in [1.82, 2.24) is 5.32 Å². The lowest BCUT2D eigenvalue weighted by molar-refractivity contribution is -0.143. The van der Waals surface area contributed by atoms with Crippen LogP contribution in [0.2, 0.25) is 0 Å². The zero-order valence-corrected chi connectivity index (χ0v) is 20.1. The minimum Gasteiger partial charge on any atom is -0.460 e. The van der Waals surface area contributed by atoms with Gasteiger partial charge in [-0.2, -0.15) is 0 Å². The van der Waals surface area contributed by atoms with Crippen LogP contribution in [0.25, 0.3) is 0 Å². The van der Waals surface area contributed by atoms with Gasteiger partial charge in [0, 0.05) is 34.2 Å². The van der Waals surface area contributed by atoms with E-state index in [1.807, 2.05) is 51.3 Å². The van der Waals surface area contributed by atoms with Crippen LogP contribution in [0.3, 0.4) is 0 Å². The predicted molar refractivity (Wildman–Crippen MR) is 128 cm³/mol. The molecule has 2 atom stereocenters. The van der Waals surface area contributed by atoms with Crippen molar-refractivity contribution in [2.75, 3.05) is 6.26 Å². The highest BCUT2D eigenvalue weighted by Crippen LogP contribution is 2.46. The number of hydrogen-bond acceptors (Lipinski definition) is 5. The van der Waals surface area contributed by atoms with Crippen molar-refractivity contribution in [1.29, 1.82) is 0 Å². The summed E-state index contributed by atoms with van der Waals surface area (Å²) in [6, 6.07) is 14.3. The molecule has 0 saturated heterocycles. The number of esters is 1. The van der Waals surface area contributed by atoms with Crippen molar-refractivity contribution < 1.29 is 18.7 Å². The largest absolute Gasteiger partial charge is 0.460 e. The molecular formula is C27H28FNO3S. The lowest BCUT2D eigenvalue weighted by atomic mass is 9.72. The van der Waals surface area contributed by atoms with Gasteiger partial charge in [-0.1, -0.05) is 24.3 Å². The molecule has 1 N–H and O–H groups in total. The third-order valence-electron chi connectivity index (χ3n) is 6.18. The van der Waals surface area contributed by atoms with Crippen LogP contribution < -0.4 is 5.32 Å². The third kappa shape index (κ3) is 4.76. The number of rotatable bonds is 5. The fourth-order valence-electron chi connectivity index (χ4n) is 4.69. The highest BCUT2D eigenvalue weighted by molar-refractivity contribution is 7.98. The van der Waals surface area contributed by atoms with E-state index in [0.29, 0.717) is 29.7 Å². The van der Waals surface area contributed by atoms with Crippen LogP contribution >= 0.6 is 11.8 Å². The van der Waals surface area contributed by atoms with E-state index in [0.717, 1.165) is 21.7 Å². The number of benzene rings is 2. The number of carbonyl (C=O) groups is 2. The lowest BCUT2D eigenvalue weighted by Gasteiger charge is -2.37. The van der Waals surface area contributed by atoms with Gasteiger partial charge in [-0.05, 0) is 74.8 Å². The fourth-order valence-corrected chi connectivity index (χ4v) is 5.10. The zero-order valence-electron chi connectivity index (χ0n) is 19.3. The van der Waals surface area contributed by atoms with E-state index >= 15 is 0 Å². The molecule has 2 unspecified atom stereocenters. The van der Waals surface area contributed by atoms with Crippen LogP contribution in [-0.2, 0) is 14.3 Å². The first-order valence-electron chi connectivity index (χ1n) is 11.1. The van der Waals surface area contributed by atoms with Gasteiger partial charge in [-0.25, -0.2) is 9.18 Å². The molecule has 0 aromatic heterocycles. The Kier molecular flexibility index (Phi) is 6.75. The summed E-state index contributed by atoms with van der Waals surface area (Å²) in [4.78, 5) is 27.8. The molecule has 0 spiro atoms. The summed E-state index contributed by atoms with van der Waals surface area (Å²) >= 11 is 1.64. The second-order valence-electron chi connectivity index (χ2n) is 8.80. The van der Waals surface area contributed by atoms with Gasteiger partial charge >= 0.3 is 5.97 Å². The Bertz CT molecular complexity index is 1130. The van der Waals surface area contributed by atoms with Crippen molar-refractivity contribution in [3.63, 3.8) is 0 Å². The summed E-state index contributed by atoms with van der Waals surface area (Å²) in [5.74, 6) is -1.23. The molecule has 1 aliphatic carbocycles. The monoisotopic (exact) mass is 465 g/mol. The minimum atomic E-state index is -0.481. The van der Waals surface area contributed by atoms with Crippen LogP contribution in [0, 0.1) is 5.82 Å². The maximum Gasteiger partial charge on any atom is 0.337 e. The summed E-state index contributed by atoms with van der Waals surface area (Å²) < 4.78 is 19.0. The molecule has 0 bridgehead atoms. The van der Waals surface area contributed by atoms with Crippen LogP contribution in [-0.4, -0.2) is 24.1 Å². The van der Waals surface area contributed by atoms with Gasteiger partial charge in [0.25, 0.3) is 0 Å². The molecule has 33 heavy (non-hydrogen) atoms. The number of nitrogens with one attached hydrogen (secondary N) is 1. The second kappa shape index (κ2) is 9.56. The maximum absolute atomic E-state index is 13.5. The Morgan fingerprint density at radius 3 is 2.30 bits per heavy atom. The number of dihydropyridines is 1. The van der Waals surface area contributed by atoms with E-state index in [-0.39, 0.29) is 23.6 Å². The average molecular weight is 466 g/mol. The quantitative estimate of drug-likeness (QED) is 0.443. The minimum absolute atomic E-state index is 0.000588. The molecule has 4 nitrogen and oxygen atoms in total. The van der Waals surface area contributed by atoms with E-state index in [4.69, 9.17) is 4.74 Å². The van der Waals surface area contributed by atoms with Crippen molar-refractivity contribution in [3.8, 4) is 0 Å². The van der Waals surface area contributed by atoms with Gasteiger partial charge in [0.05, 0.1) is 11.7 Å². The van der Waals surface area contributed by atoms with Crippen LogP contribution in [0.5, 0.6) is 0 Å². The van der Waals surface area contributed by atoms with Crippen LogP contribution in [0.15, 0.2) is 76.0 Å². The van der Waals surface area contributed by atoms with Gasteiger partial charge in [0.15, 0.2) is 5.78 Å². The number of thioether (sulfide) groups is 1. The Labute approximate surface area is 198 Å². The molecule has 0 saturated carbocycles. The van der Waals surface area contributed by atoms with Crippen LogP contribution in [0.4, 0.5) is 4.39 Å². The smallest absolute Gasteiger partial charge is 0.337 e. The van der Waals surface area contributed by atoms with Crippen molar-refractivity contribution in [3.05, 3.63) is 88.0 Å². The van der Waals surface area contributed by atoms with Crippen molar-refractivity contribution >= 4 is 23.5 Å². The van der Waals surface area contributed by atoms with E-state index in [1.54, 1.807) is 23.9 Å². The van der Waals surface area contributed by atoms with Crippen molar-refractivity contribution in [2.24, 2.45) is 0 Å². The van der Waals surface area contributed by atoms with Gasteiger partial charge in [-0.3, -0.25) is 4.79 Å². The molecule has 0 amide bonds. The normalized spacial score (nSPS) is 20.6. The Balaban J connectivity index is 1.78. The molecule has 1 aliphatic heterocycles. The van der Waals surface area contributed by atoms with E-state index in [9.17, 15) is 14.0 Å². The number of allylic oxidation sites excluding steroid dienone is 3. The Morgan fingerprint density at radius 2 is 1.70 bits per heavy atom. The van der Waals surface area contributed by atoms with Gasteiger partial charge < -0.3 is 10.1 Å². The molecule has 2 aromatic carbocycles. The van der Waals surface area contributed by atoms with Gasteiger partial charge in [0.2, 0.25) is 0 Å². The number of carbonyl (C=O) groups excluding carboxylic acids is 2. The second-order valence-corrected chi connectivity index (χ2v) is 9.68.